The minimum absolute atomic E-state index is 0.0917. The van der Waals surface area contributed by atoms with Gasteiger partial charge in [0.2, 0.25) is 23.0 Å². The van der Waals surface area contributed by atoms with Crippen molar-refractivity contribution in [3.63, 3.8) is 0 Å². The third kappa shape index (κ3) is 6.69. The zero-order valence-electron chi connectivity index (χ0n) is 25.4. The fourth-order valence-corrected chi connectivity index (χ4v) is 5.46. The SMILES string of the molecule is CCC(C)C(Nc1ccc2c(cc1=O)C(NC(C)=O)CCc1cc(OC)c(OC)c(OC)c1-2)C(=O)Nc1ccc(O)cc1. The van der Waals surface area contributed by atoms with Crippen LogP contribution in [0.1, 0.15) is 50.8 Å². The van der Waals surface area contributed by atoms with E-state index in [1.807, 2.05) is 26.0 Å². The molecule has 10 nitrogen and oxygen atoms in total. The van der Waals surface area contributed by atoms with Gasteiger partial charge in [0, 0.05) is 18.2 Å². The number of rotatable bonds is 10. The minimum atomic E-state index is -0.731. The zero-order chi connectivity index (χ0) is 31.3. The van der Waals surface area contributed by atoms with Gasteiger partial charge in [-0.1, -0.05) is 26.3 Å². The quantitative estimate of drug-likeness (QED) is 0.242. The van der Waals surface area contributed by atoms with Crippen LogP contribution in [0.5, 0.6) is 23.0 Å². The van der Waals surface area contributed by atoms with E-state index in [1.165, 1.54) is 32.2 Å². The predicted octanol–water partition coefficient (Wildman–Crippen LogP) is 5.03. The van der Waals surface area contributed by atoms with Crippen molar-refractivity contribution >= 4 is 23.2 Å². The molecule has 0 spiro atoms. The summed E-state index contributed by atoms with van der Waals surface area (Å²) in [4.78, 5) is 39.4. The van der Waals surface area contributed by atoms with Crippen LogP contribution < -0.4 is 35.6 Å². The Kier molecular flexibility index (Phi) is 9.80. The smallest absolute Gasteiger partial charge is 0.247 e. The number of phenols is 1. The second kappa shape index (κ2) is 13.5. The summed E-state index contributed by atoms with van der Waals surface area (Å²) in [6, 6.07) is 11.9. The van der Waals surface area contributed by atoms with E-state index in [-0.39, 0.29) is 34.6 Å². The number of hydrogen-bond donors (Lipinski definition) is 4. The predicted molar refractivity (Wildman–Crippen MR) is 166 cm³/mol. The van der Waals surface area contributed by atoms with Crippen LogP contribution in [0, 0.1) is 5.92 Å². The molecular formula is C33H39N3O7. The Morgan fingerprint density at radius 1 is 1.00 bits per heavy atom. The number of anilines is 2. The van der Waals surface area contributed by atoms with E-state index < -0.39 is 12.1 Å². The van der Waals surface area contributed by atoms with Crippen molar-refractivity contribution in [2.45, 2.75) is 52.1 Å². The van der Waals surface area contributed by atoms with Crippen molar-refractivity contribution in [1.29, 1.82) is 0 Å². The van der Waals surface area contributed by atoms with Crippen molar-refractivity contribution in [1.82, 2.24) is 5.32 Å². The van der Waals surface area contributed by atoms with Crippen LogP contribution in [0.4, 0.5) is 11.4 Å². The molecule has 0 saturated heterocycles. The molecule has 43 heavy (non-hydrogen) atoms. The van der Waals surface area contributed by atoms with Crippen LogP contribution in [-0.4, -0.2) is 44.3 Å². The van der Waals surface area contributed by atoms with Crippen LogP contribution in [0.15, 0.2) is 53.3 Å². The fraction of sp³-hybridized carbons (Fsp3) is 0.364. The monoisotopic (exact) mass is 589 g/mol. The third-order valence-corrected chi connectivity index (χ3v) is 7.86. The molecule has 0 aliphatic heterocycles. The molecule has 228 valence electrons. The first-order valence-electron chi connectivity index (χ1n) is 14.3. The van der Waals surface area contributed by atoms with Gasteiger partial charge in [0.25, 0.3) is 0 Å². The first-order valence-corrected chi connectivity index (χ1v) is 14.3. The van der Waals surface area contributed by atoms with Crippen molar-refractivity contribution in [3.05, 3.63) is 69.9 Å². The molecule has 3 aromatic carbocycles. The standard InChI is InChI=1S/C33H39N3O7/c1-7-18(2)30(33(40)35-21-9-11-22(38)12-10-21)36-26-15-13-23-24(17-27(26)39)25(34-19(3)37)14-8-20-16-28(41-4)31(42-5)32(43-6)29(20)23/h9-13,15-18,25,30,38H,7-8,14H2,1-6H3,(H,34,37)(H,35,40)(H,36,39). The lowest BCUT2D eigenvalue weighted by atomic mass is 9.95. The summed E-state index contributed by atoms with van der Waals surface area (Å²) < 4.78 is 17.1. The molecule has 4 rings (SSSR count). The average Bonchev–Trinajstić information content (AvgIpc) is 3.23. The summed E-state index contributed by atoms with van der Waals surface area (Å²) in [5, 5.41) is 18.7. The highest BCUT2D eigenvalue weighted by Gasteiger charge is 2.30. The number of aryl methyl sites for hydroxylation is 1. The molecule has 1 aliphatic rings. The van der Waals surface area contributed by atoms with Gasteiger partial charge in [-0.15, -0.1) is 0 Å². The maximum atomic E-state index is 13.8. The van der Waals surface area contributed by atoms with Crippen LogP contribution in [0.3, 0.4) is 0 Å². The summed E-state index contributed by atoms with van der Waals surface area (Å²) in [6.07, 6.45) is 1.80. The van der Waals surface area contributed by atoms with E-state index in [0.29, 0.717) is 53.3 Å². The van der Waals surface area contributed by atoms with E-state index in [4.69, 9.17) is 14.2 Å². The zero-order valence-corrected chi connectivity index (χ0v) is 25.4. The number of amides is 2. The van der Waals surface area contributed by atoms with Crippen molar-refractivity contribution in [2.75, 3.05) is 32.0 Å². The van der Waals surface area contributed by atoms with Crippen molar-refractivity contribution in [3.8, 4) is 34.1 Å². The maximum Gasteiger partial charge on any atom is 0.247 e. The van der Waals surface area contributed by atoms with E-state index in [0.717, 1.165) is 11.1 Å². The summed E-state index contributed by atoms with van der Waals surface area (Å²) in [6.45, 7) is 5.35. The molecule has 3 aromatic rings. The van der Waals surface area contributed by atoms with Gasteiger partial charge in [-0.3, -0.25) is 14.4 Å². The summed E-state index contributed by atoms with van der Waals surface area (Å²) >= 11 is 0. The van der Waals surface area contributed by atoms with Gasteiger partial charge in [0.05, 0.1) is 33.1 Å². The van der Waals surface area contributed by atoms with Gasteiger partial charge in [-0.05, 0) is 77.9 Å². The molecule has 0 saturated carbocycles. The Hall–Kier alpha value is -4.73. The van der Waals surface area contributed by atoms with Gasteiger partial charge in [0.1, 0.15) is 11.8 Å². The number of methoxy groups -OCH3 is 3. The molecule has 4 N–H and O–H groups in total. The van der Waals surface area contributed by atoms with Gasteiger partial charge < -0.3 is 35.3 Å². The molecule has 3 atom stereocenters. The second-order valence-electron chi connectivity index (χ2n) is 10.6. The van der Waals surface area contributed by atoms with Gasteiger partial charge in [-0.2, -0.15) is 0 Å². The number of phenolic OH excluding ortho intramolecular Hbond substituents is 1. The number of carbonyl (C=O) groups is 2. The van der Waals surface area contributed by atoms with Crippen LogP contribution in [0.2, 0.25) is 0 Å². The molecule has 0 fully saturated rings. The molecule has 10 heteroatoms. The topological polar surface area (TPSA) is 135 Å². The van der Waals surface area contributed by atoms with E-state index in [9.17, 15) is 19.5 Å². The van der Waals surface area contributed by atoms with Crippen molar-refractivity contribution < 1.29 is 28.9 Å². The second-order valence-corrected chi connectivity index (χ2v) is 10.6. The molecule has 3 unspecified atom stereocenters. The molecular weight excluding hydrogens is 550 g/mol. The number of fused-ring (bicyclic) bond motifs is 3. The number of hydrogen-bond acceptors (Lipinski definition) is 8. The first kappa shape index (κ1) is 31.2. The lowest BCUT2D eigenvalue weighted by Crippen LogP contribution is -2.40. The molecule has 0 radical (unpaired) electrons. The van der Waals surface area contributed by atoms with Crippen LogP contribution in [0.25, 0.3) is 11.1 Å². The number of carbonyl (C=O) groups excluding carboxylic acids is 2. The number of benzene rings is 2. The Bertz CT molecular complexity index is 1560. The highest BCUT2D eigenvalue weighted by Crippen LogP contribution is 2.50. The Morgan fingerprint density at radius 3 is 2.30 bits per heavy atom. The third-order valence-electron chi connectivity index (χ3n) is 7.86. The fourth-order valence-electron chi connectivity index (χ4n) is 5.46. The largest absolute Gasteiger partial charge is 0.508 e. The summed E-state index contributed by atoms with van der Waals surface area (Å²) in [5.41, 5.74) is 3.42. The molecule has 0 bridgehead atoms. The highest BCUT2D eigenvalue weighted by molar-refractivity contribution is 5.97. The molecule has 1 aliphatic carbocycles. The Morgan fingerprint density at radius 2 is 1.70 bits per heavy atom. The van der Waals surface area contributed by atoms with Crippen LogP contribution in [-0.2, 0) is 16.0 Å². The highest BCUT2D eigenvalue weighted by atomic mass is 16.5. The summed E-state index contributed by atoms with van der Waals surface area (Å²) in [7, 11) is 4.64. The lowest BCUT2D eigenvalue weighted by molar-refractivity contribution is -0.120. The Labute approximate surface area is 251 Å². The van der Waals surface area contributed by atoms with Crippen LogP contribution >= 0.6 is 0 Å². The van der Waals surface area contributed by atoms with Gasteiger partial charge >= 0.3 is 0 Å². The van der Waals surface area contributed by atoms with E-state index in [2.05, 4.69) is 16.0 Å². The molecule has 0 aromatic heterocycles. The van der Waals surface area contributed by atoms with Crippen molar-refractivity contribution in [2.24, 2.45) is 5.92 Å². The maximum absolute atomic E-state index is 13.8. The average molecular weight is 590 g/mol. The van der Waals surface area contributed by atoms with Gasteiger partial charge in [-0.25, -0.2) is 0 Å². The van der Waals surface area contributed by atoms with E-state index in [1.54, 1.807) is 32.4 Å². The molecule has 2 amide bonds. The lowest BCUT2D eigenvalue weighted by Gasteiger charge is -2.24. The first-order chi connectivity index (χ1) is 20.6. The minimum Gasteiger partial charge on any atom is -0.508 e. The van der Waals surface area contributed by atoms with Gasteiger partial charge in [0.15, 0.2) is 11.5 Å². The van der Waals surface area contributed by atoms with E-state index >= 15 is 0 Å². The molecule has 0 heterocycles. The summed E-state index contributed by atoms with van der Waals surface area (Å²) in [5.74, 6) is 0.832. The number of ether oxygens (including phenoxy) is 3. The number of aromatic hydroxyl groups is 1. The normalized spacial score (nSPS) is 15.1. The number of nitrogens with one attached hydrogen (secondary N) is 3. The Balaban J connectivity index is 1.86.